The van der Waals surface area contributed by atoms with Crippen LogP contribution in [-0.4, -0.2) is 29.6 Å². The Morgan fingerprint density at radius 2 is 2.14 bits per heavy atom. The molecule has 0 aliphatic heterocycles. The number of benzene rings is 1. The predicted molar refractivity (Wildman–Crippen MR) is 71.5 cm³/mol. The van der Waals surface area contributed by atoms with Gasteiger partial charge in [0.2, 0.25) is 0 Å². The van der Waals surface area contributed by atoms with Crippen LogP contribution in [0.25, 0.3) is 0 Å². The third-order valence-electron chi connectivity index (χ3n) is 2.48. The van der Waals surface area contributed by atoms with Crippen LogP contribution in [0.5, 0.6) is 0 Å². The number of nitrogens with one attached hydrogen (secondary N) is 1. The summed E-state index contributed by atoms with van der Waals surface area (Å²) in [6.07, 6.45) is -1.75. The third kappa shape index (κ3) is 4.06. The van der Waals surface area contributed by atoms with Crippen LogP contribution >= 0.6 is 0 Å². The maximum absolute atomic E-state index is 12.0. The first-order valence-corrected chi connectivity index (χ1v) is 5.95. The van der Waals surface area contributed by atoms with Gasteiger partial charge >= 0.3 is 5.97 Å². The van der Waals surface area contributed by atoms with Gasteiger partial charge in [-0.25, -0.2) is 4.79 Å². The van der Waals surface area contributed by atoms with E-state index >= 15 is 0 Å². The molecule has 9 heteroatoms. The second kappa shape index (κ2) is 7.08. The number of aryl methyl sites for hydroxylation is 1. The Hall–Kier alpha value is -2.84. The average molecular weight is 295 g/mol. The number of nitro benzene ring substituents is 1. The van der Waals surface area contributed by atoms with Crippen LogP contribution in [0.1, 0.15) is 22.8 Å². The zero-order valence-corrected chi connectivity index (χ0v) is 11.4. The summed E-state index contributed by atoms with van der Waals surface area (Å²) in [6.45, 7) is 3.17. The van der Waals surface area contributed by atoms with Crippen molar-refractivity contribution in [2.45, 2.75) is 20.0 Å². The highest BCUT2D eigenvalue weighted by Crippen LogP contribution is 2.19. The molecule has 1 N–H and O–H groups in total. The standard InChI is InChI=1S/C12H13N3O6/c1-3-21-12(17)10(14-18)13-11(16)8-6-7(2)4-5-9(8)15(19)20/h4-6,10H,3H2,1-2H3,(H,13,16). The number of esters is 1. The topological polar surface area (TPSA) is 128 Å². The molecule has 0 bridgehead atoms. The molecule has 0 aliphatic rings. The summed E-state index contributed by atoms with van der Waals surface area (Å²) in [5, 5.41) is 15.3. The molecule has 1 aromatic carbocycles. The molecule has 1 amide bonds. The third-order valence-corrected chi connectivity index (χ3v) is 2.48. The van der Waals surface area contributed by atoms with Crippen LogP contribution in [0.2, 0.25) is 0 Å². The first kappa shape index (κ1) is 16.2. The Morgan fingerprint density at radius 3 is 2.67 bits per heavy atom. The second-order valence-corrected chi connectivity index (χ2v) is 4.01. The lowest BCUT2D eigenvalue weighted by Crippen LogP contribution is -2.40. The molecule has 0 fully saturated rings. The fourth-order valence-electron chi connectivity index (χ4n) is 1.54. The highest BCUT2D eigenvalue weighted by atomic mass is 16.6. The molecular formula is C12H13N3O6. The summed E-state index contributed by atoms with van der Waals surface area (Å²) in [5.41, 5.74) is -0.0953. The van der Waals surface area contributed by atoms with Crippen molar-refractivity contribution in [1.82, 2.24) is 5.32 Å². The maximum atomic E-state index is 12.0. The minimum Gasteiger partial charge on any atom is -0.463 e. The highest BCUT2D eigenvalue weighted by Gasteiger charge is 2.27. The van der Waals surface area contributed by atoms with Crippen LogP contribution in [0.15, 0.2) is 23.4 Å². The molecular weight excluding hydrogens is 282 g/mol. The van der Waals surface area contributed by atoms with Crippen molar-refractivity contribution in [2.75, 3.05) is 6.61 Å². The average Bonchev–Trinajstić information content (AvgIpc) is 2.44. The van der Waals surface area contributed by atoms with E-state index in [0.717, 1.165) is 6.07 Å². The Balaban J connectivity index is 3.03. The molecule has 1 unspecified atom stereocenters. The Kier molecular flexibility index (Phi) is 5.47. The molecule has 0 saturated carbocycles. The predicted octanol–water partition coefficient (Wildman–Crippen LogP) is 1.29. The molecule has 0 aromatic heterocycles. The van der Waals surface area contributed by atoms with E-state index in [1.807, 2.05) is 5.32 Å². The molecule has 1 atom stereocenters. The van der Waals surface area contributed by atoms with Crippen molar-refractivity contribution in [2.24, 2.45) is 5.18 Å². The smallest absolute Gasteiger partial charge is 0.355 e. The van der Waals surface area contributed by atoms with E-state index in [4.69, 9.17) is 0 Å². The number of amides is 1. The van der Waals surface area contributed by atoms with E-state index in [0.29, 0.717) is 5.56 Å². The number of nitroso groups, excluding NO2 is 1. The van der Waals surface area contributed by atoms with Crippen molar-refractivity contribution in [1.29, 1.82) is 0 Å². The molecule has 9 nitrogen and oxygen atoms in total. The van der Waals surface area contributed by atoms with Crippen molar-refractivity contribution >= 4 is 17.6 Å². The van der Waals surface area contributed by atoms with Crippen molar-refractivity contribution < 1.29 is 19.2 Å². The maximum Gasteiger partial charge on any atom is 0.355 e. The van der Waals surface area contributed by atoms with E-state index in [1.54, 1.807) is 6.92 Å². The minimum absolute atomic E-state index is 0.00527. The number of hydrogen-bond acceptors (Lipinski definition) is 7. The minimum atomic E-state index is -1.75. The van der Waals surface area contributed by atoms with Gasteiger partial charge in [0, 0.05) is 6.07 Å². The van der Waals surface area contributed by atoms with Gasteiger partial charge in [0.15, 0.2) is 0 Å². The summed E-state index contributed by atoms with van der Waals surface area (Å²) in [4.78, 5) is 44.1. The zero-order chi connectivity index (χ0) is 16.0. The van der Waals surface area contributed by atoms with Gasteiger partial charge < -0.3 is 10.1 Å². The number of carbonyl (C=O) groups is 2. The molecule has 0 aliphatic carbocycles. The van der Waals surface area contributed by atoms with E-state index in [9.17, 15) is 24.6 Å². The Labute approximate surface area is 119 Å². The lowest BCUT2D eigenvalue weighted by atomic mass is 10.1. The first-order valence-electron chi connectivity index (χ1n) is 5.95. The van der Waals surface area contributed by atoms with Crippen molar-refractivity contribution in [3.63, 3.8) is 0 Å². The number of hydrogen-bond donors (Lipinski definition) is 1. The van der Waals surface area contributed by atoms with Crippen molar-refractivity contribution in [3.8, 4) is 0 Å². The number of carbonyl (C=O) groups excluding carboxylic acids is 2. The van der Waals surface area contributed by atoms with Crippen LogP contribution in [0.3, 0.4) is 0 Å². The number of rotatable bonds is 6. The molecule has 0 spiro atoms. The van der Waals surface area contributed by atoms with Gasteiger partial charge in [0.25, 0.3) is 17.8 Å². The summed E-state index contributed by atoms with van der Waals surface area (Å²) >= 11 is 0. The second-order valence-electron chi connectivity index (χ2n) is 4.01. The lowest BCUT2D eigenvalue weighted by Gasteiger charge is -2.10. The van der Waals surface area contributed by atoms with Crippen molar-refractivity contribution in [3.05, 3.63) is 44.3 Å². The summed E-state index contributed by atoms with van der Waals surface area (Å²) < 4.78 is 4.55. The van der Waals surface area contributed by atoms with Gasteiger partial charge in [0.05, 0.1) is 11.5 Å². The largest absolute Gasteiger partial charge is 0.463 e. The van der Waals surface area contributed by atoms with Gasteiger partial charge in [-0.2, -0.15) is 0 Å². The van der Waals surface area contributed by atoms with Gasteiger partial charge in [-0.3, -0.25) is 14.9 Å². The van der Waals surface area contributed by atoms with Crippen LogP contribution in [-0.2, 0) is 9.53 Å². The molecule has 0 heterocycles. The first-order chi connectivity index (χ1) is 9.90. The van der Waals surface area contributed by atoms with Gasteiger partial charge in [-0.15, -0.1) is 4.91 Å². The number of nitrogens with zero attached hydrogens (tertiary/aromatic N) is 2. The monoisotopic (exact) mass is 295 g/mol. The normalized spacial score (nSPS) is 11.3. The van der Waals surface area contributed by atoms with Crippen LogP contribution < -0.4 is 5.32 Å². The fraction of sp³-hybridized carbons (Fsp3) is 0.333. The zero-order valence-electron chi connectivity index (χ0n) is 11.4. The van der Waals surface area contributed by atoms with Gasteiger partial charge in [0.1, 0.15) is 5.56 Å². The van der Waals surface area contributed by atoms with E-state index < -0.39 is 28.7 Å². The molecule has 112 valence electrons. The SMILES string of the molecule is CCOC(=O)C(N=O)NC(=O)c1cc(C)ccc1[N+](=O)[O-]. The molecule has 0 radical (unpaired) electrons. The number of ether oxygens (including phenoxy) is 1. The summed E-state index contributed by atoms with van der Waals surface area (Å²) in [7, 11) is 0. The van der Waals surface area contributed by atoms with E-state index in [-0.39, 0.29) is 12.2 Å². The Morgan fingerprint density at radius 1 is 1.48 bits per heavy atom. The summed E-state index contributed by atoms with van der Waals surface area (Å²) in [5.74, 6) is -1.99. The summed E-state index contributed by atoms with van der Waals surface area (Å²) in [6, 6.07) is 3.91. The fourth-order valence-corrected chi connectivity index (χ4v) is 1.54. The molecule has 1 aromatic rings. The quantitative estimate of drug-likeness (QED) is 0.364. The Bertz CT molecular complexity index is 586. The van der Waals surface area contributed by atoms with Crippen LogP contribution in [0.4, 0.5) is 5.69 Å². The molecule has 1 rings (SSSR count). The molecule has 0 saturated heterocycles. The van der Waals surface area contributed by atoms with Crippen LogP contribution in [0, 0.1) is 21.9 Å². The highest BCUT2D eigenvalue weighted by molar-refractivity contribution is 6.00. The van der Waals surface area contributed by atoms with E-state index in [2.05, 4.69) is 9.91 Å². The lowest BCUT2D eigenvalue weighted by molar-refractivity contribution is -0.385. The van der Waals surface area contributed by atoms with Gasteiger partial charge in [-0.05, 0) is 30.7 Å². The molecule has 21 heavy (non-hydrogen) atoms. The number of nitro groups is 1. The van der Waals surface area contributed by atoms with Gasteiger partial charge in [-0.1, -0.05) is 6.07 Å². The van der Waals surface area contributed by atoms with E-state index in [1.165, 1.54) is 19.1 Å².